The van der Waals surface area contributed by atoms with E-state index in [0.29, 0.717) is 30.0 Å². The number of benzene rings is 2. The highest BCUT2D eigenvalue weighted by Gasteiger charge is 2.36. The number of aliphatic hydroxyl groups excluding tert-OH is 1. The molecule has 1 amide bonds. The Morgan fingerprint density at radius 2 is 1.92 bits per heavy atom. The molecule has 5 heteroatoms. The molecule has 0 aliphatic carbocycles. The van der Waals surface area contributed by atoms with Gasteiger partial charge in [-0.15, -0.1) is 0 Å². The Morgan fingerprint density at radius 3 is 2.67 bits per heavy atom. The lowest BCUT2D eigenvalue weighted by atomic mass is 9.95. The van der Waals surface area contributed by atoms with E-state index in [2.05, 4.69) is 0 Å². The number of rotatable bonds is 4. The Kier molecular flexibility index (Phi) is 4.81. The summed E-state index contributed by atoms with van der Waals surface area (Å²) in [7, 11) is 0. The molecule has 24 heavy (non-hydrogen) atoms. The number of para-hydroxylation sites is 1. The smallest absolute Gasteiger partial charge is 0.254 e. The second-order valence-corrected chi connectivity index (χ2v) is 6.08. The highest BCUT2D eigenvalue weighted by molar-refractivity contribution is 5.94. The maximum absolute atomic E-state index is 14.3. The number of aliphatic hydroxyl groups is 1. The minimum Gasteiger partial charge on any atom is -0.457 e. The Labute approximate surface area is 140 Å². The van der Waals surface area contributed by atoms with Gasteiger partial charge in [0, 0.05) is 12.1 Å². The van der Waals surface area contributed by atoms with E-state index in [1.165, 1.54) is 4.90 Å². The van der Waals surface area contributed by atoms with Gasteiger partial charge in [-0.25, -0.2) is 4.39 Å². The molecular formula is C19H20FNO3. The van der Waals surface area contributed by atoms with Crippen LogP contribution in [0.25, 0.3) is 0 Å². The summed E-state index contributed by atoms with van der Waals surface area (Å²) in [5, 5.41) is 9.20. The SMILES string of the molecule is O=C(c1cccc(Oc2ccccc2)c1)N1CCCC(F)(CO)C1. The molecule has 1 fully saturated rings. The number of hydrogen-bond acceptors (Lipinski definition) is 3. The van der Waals surface area contributed by atoms with Crippen LogP contribution >= 0.6 is 0 Å². The second-order valence-electron chi connectivity index (χ2n) is 6.08. The highest BCUT2D eigenvalue weighted by atomic mass is 19.1. The number of carbonyl (C=O) groups is 1. The predicted molar refractivity (Wildman–Crippen MR) is 89.0 cm³/mol. The summed E-state index contributed by atoms with van der Waals surface area (Å²) in [5.74, 6) is 0.990. The highest BCUT2D eigenvalue weighted by Crippen LogP contribution is 2.27. The normalized spacial score (nSPS) is 20.7. The number of hydrogen-bond donors (Lipinski definition) is 1. The summed E-state index contributed by atoms with van der Waals surface area (Å²) in [5.41, 5.74) is -1.25. The van der Waals surface area contributed by atoms with Gasteiger partial charge in [0.25, 0.3) is 5.91 Å². The lowest BCUT2D eigenvalue weighted by Crippen LogP contribution is -2.49. The summed E-state index contributed by atoms with van der Waals surface area (Å²) >= 11 is 0. The van der Waals surface area contributed by atoms with Crippen molar-refractivity contribution >= 4 is 5.91 Å². The van der Waals surface area contributed by atoms with Gasteiger partial charge in [-0.1, -0.05) is 24.3 Å². The zero-order valence-corrected chi connectivity index (χ0v) is 13.3. The van der Waals surface area contributed by atoms with Gasteiger partial charge in [-0.2, -0.15) is 0 Å². The second kappa shape index (κ2) is 7.01. The number of piperidine rings is 1. The van der Waals surface area contributed by atoms with Gasteiger partial charge in [0.15, 0.2) is 5.67 Å². The molecule has 2 aromatic carbocycles. The molecule has 0 saturated carbocycles. The summed E-state index contributed by atoms with van der Waals surface area (Å²) < 4.78 is 20.1. The van der Waals surface area contributed by atoms with Crippen molar-refractivity contribution in [2.45, 2.75) is 18.5 Å². The number of alkyl halides is 1. The number of ether oxygens (including phenoxy) is 1. The first kappa shape index (κ1) is 16.5. The Morgan fingerprint density at radius 1 is 1.17 bits per heavy atom. The topological polar surface area (TPSA) is 49.8 Å². The van der Waals surface area contributed by atoms with Crippen molar-refractivity contribution in [3.8, 4) is 11.5 Å². The van der Waals surface area contributed by atoms with E-state index >= 15 is 0 Å². The molecule has 0 radical (unpaired) electrons. The Bertz CT molecular complexity index is 707. The van der Waals surface area contributed by atoms with Crippen LogP contribution in [0.15, 0.2) is 54.6 Å². The molecule has 0 spiro atoms. The van der Waals surface area contributed by atoms with Crippen molar-refractivity contribution in [3.05, 3.63) is 60.2 Å². The molecule has 2 aromatic rings. The van der Waals surface area contributed by atoms with Gasteiger partial charge in [0.1, 0.15) is 11.5 Å². The number of amides is 1. The average molecular weight is 329 g/mol. The minimum atomic E-state index is -1.70. The van der Waals surface area contributed by atoms with Crippen LogP contribution in [0.2, 0.25) is 0 Å². The molecule has 1 N–H and O–H groups in total. The molecule has 1 aliphatic heterocycles. The Balaban J connectivity index is 1.75. The molecular weight excluding hydrogens is 309 g/mol. The van der Waals surface area contributed by atoms with Crippen molar-refractivity contribution in [1.29, 1.82) is 0 Å². The van der Waals surface area contributed by atoms with Crippen molar-refractivity contribution < 1.29 is 19.0 Å². The van der Waals surface area contributed by atoms with Crippen LogP contribution in [-0.2, 0) is 0 Å². The minimum absolute atomic E-state index is 0.0773. The number of carbonyl (C=O) groups excluding carboxylic acids is 1. The Hall–Kier alpha value is -2.40. The van der Waals surface area contributed by atoms with Crippen molar-refractivity contribution in [2.75, 3.05) is 19.7 Å². The van der Waals surface area contributed by atoms with E-state index in [4.69, 9.17) is 4.74 Å². The third-order valence-electron chi connectivity index (χ3n) is 4.16. The van der Waals surface area contributed by atoms with E-state index < -0.39 is 12.3 Å². The maximum atomic E-state index is 14.3. The van der Waals surface area contributed by atoms with Crippen molar-refractivity contribution in [3.63, 3.8) is 0 Å². The lowest BCUT2D eigenvalue weighted by molar-refractivity contribution is 0.00173. The monoisotopic (exact) mass is 329 g/mol. The van der Waals surface area contributed by atoms with E-state index in [1.807, 2.05) is 30.3 Å². The van der Waals surface area contributed by atoms with Crippen LogP contribution in [-0.4, -0.2) is 41.3 Å². The van der Waals surface area contributed by atoms with E-state index in [0.717, 1.165) is 0 Å². The van der Waals surface area contributed by atoms with Gasteiger partial charge in [0.05, 0.1) is 13.2 Å². The van der Waals surface area contributed by atoms with Crippen LogP contribution in [0.4, 0.5) is 4.39 Å². The molecule has 1 heterocycles. The number of halogens is 1. The van der Waals surface area contributed by atoms with Crippen LogP contribution in [0, 0.1) is 0 Å². The molecule has 3 rings (SSSR count). The average Bonchev–Trinajstić information content (AvgIpc) is 2.62. The maximum Gasteiger partial charge on any atom is 0.254 e. The molecule has 1 atom stereocenters. The van der Waals surface area contributed by atoms with Crippen LogP contribution < -0.4 is 4.74 Å². The summed E-state index contributed by atoms with van der Waals surface area (Å²) in [4.78, 5) is 14.1. The first-order chi connectivity index (χ1) is 11.6. The standard InChI is InChI=1S/C19H20FNO3/c20-19(14-22)10-5-11-21(13-19)18(23)15-6-4-9-17(12-15)24-16-7-2-1-3-8-16/h1-4,6-9,12,22H,5,10-11,13-14H2. The molecule has 126 valence electrons. The molecule has 0 aromatic heterocycles. The fourth-order valence-electron chi connectivity index (χ4n) is 2.89. The first-order valence-corrected chi connectivity index (χ1v) is 8.02. The quantitative estimate of drug-likeness (QED) is 0.935. The molecule has 1 saturated heterocycles. The number of likely N-dealkylation sites (tertiary alicyclic amines) is 1. The zero-order valence-electron chi connectivity index (χ0n) is 13.3. The van der Waals surface area contributed by atoms with E-state index in [9.17, 15) is 14.3 Å². The molecule has 0 bridgehead atoms. The van der Waals surface area contributed by atoms with Gasteiger partial charge >= 0.3 is 0 Å². The summed E-state index contributed by atoms with van der Waals surface area (Å²) in [6.45, 7) is -0.145. The van der Waals surface area contributed by atoms with Gasteiger partial charge in [-0.3, -0.25) is 4.79 Å². The fourth-order valence-corrected chi connectivity index (χ4v) is 2.89. The predicted octanol–water partition coefficient (Wildman–Crippen LogP) is 3.42. The summed E-state index contributed by atoms with van der Waals surface area (Å²) in [6, 6.07) is 16.2. The van der Waals surface area contributed by atoms with E-state index in [-0.39, 0.29) is 18.9 Å². The van der Waals surface area contributed by atoms with Crippen LogP contribution in [0.5, 0.6) is 11.5 Å². The van der Waals surface area contributed by atoms with Crippen molar-refractivity contribution in [1.82, 2.24) is 4.90 Å². The summed E-state index contributed by atoms with van der Waals surface area (Å²) in [6.07, 6.45) is 0.827. The lowest BCUT2D eigenvalue weighted by Gasteiger charge is -2.36. The third kappa shape index (κ3) is 3.74. The zero-order chi connectivity index (χ0) is 17.0. The van der Waals surface area contributed by atoms with Crippen molar-refractivity contribution in [2.24, 2.45) is 0 Å². The third-order valence-corrected chi connectivity index (χ3v) is 4.16. The largest absolute Gasteiger partial charge is 0.457 e. The van der Waals surface area contributed by atoms with Crippen LogP contribution in [0.3, 0.4) is 0 Å². The van der Waals surface area contributed by atoms with E-state index in [1.54, 1.807) is 24.3 Å². The number of nitrogens with zero attached hydrogens (tertiary/aromatic N) is 1. The first-order valence-electron chi connectivity index (χ1n) is 8.02. The molecule has 1 aliphatic rings. The van der Waals surface area contributed by atoms with Crippen LogP contribution in [0.1, 0.15) is 23.2 Å². The van der Waals surface area contributed by atoms with Gasteiger partial charge in [0.2, 0.25) is 0 Å². The molecule has 4 nitrogen and oxygen atoms in total. The van der Waals surface area contributed by atoms with Gasteiger partial charge < -0.3 is 14.7 Å². The molecule has 1 unspecified atom stereocenters. The van der Waals surface area contributed by atoms with Gasteiger partial charge in [-0.05, 0) is 43.2 Å². The fraction of sp³-hybridized carbons (Fsp3) is 0.316.